The zero-order chi connectivity index (χ0) is 12.7. The van der Waals surface area contributed by atoms with Gasteiger partial charge >= 0.3 is 5.97 Å². The zero-order valence-corrected chi connectivity index (χ0v) is 9.70. The number of nitrogens with two attached hydrogens (primary N) is 1. The summed E-state index contributed by atoms with van der Waals surface area (Å²) in [5, 5.41) is 19.5. The van der Waals surface area contributed by atoms with Crippen molar-refractivity contribution in [3.8, 4) is 0 Å². The number of aliphatic hydroxyl groups is 1. The lowest BCUT2D eigenvalue weighted by Gasteiger charge is -2.16. The molecule has 0 aromatic carbocycles. The van der Waals surface area contributed by atoms with Crippen LogP contribution in [0, 0.1) is 0 Å². The number of rotatable bonds is 7. The average Bonchev–Trinajstić information content (AvgIpc) is 2.21. The average molecular weight is 252 g/mol. The van der Waals surface area contributed by atoms with Gasteiger partial charge in [0.1, 0.15) is 17.8 Å². The van der Waals surface area contributed by atoms with Gasteiger partial charge in [-0.3, -0.25) is 4.79 Å². The molecule has 5 N–H and O–H groups in total. The van der Waals surface area contributed by atoms with Crippen molar-refractivity contribution in [2.45, 2.75) is 18.5 Å². The molecule has 0 aromatic rings. The van der Waals surface area contributed by atoms with Crippen LogP contribution in [0.15, 0.2) is 0 Å². The summed E-state index contributed by atoms with van der Waals surface area (Å²) in [4.78, 5) is 21.9. The molecule has 0 spiro atoms. The van der Waals surface area contributed by atoms with Crippen molar-refractivity contribution in [1.82, 2.24) is 5.32 Å². The second kappa shape index (κ2) is 7.44. The Labute approximate surface area is 96.2 Å². The van der Waals surface area contributed by atoms with E-state index in [0.717, 1.165) is 0 Å². The van der Waals surface area contributed by atoms with Gasteiger partial charge in [-0.15, -0.1) is 0 Å². The molecule has 0 radical (unpaired) electrons. The summed E-state index contributed by atoms with van der Waals surface area (Å²) in [5.74, 6) is -1.79. The van der Waals surface area contributed by atoms with E-state index in [0.29, 0.717) is 0 Å². The van der Waals surface area contributed by atoms with Gasteiger partial charge in [-0.2, -0.15) is 0 Å². The van der Waals surface area contributed by atoms with E-state index in [1.165, 1.54) is 6.26 Å². The van der Waals surface area contributed by atoms with Crippen LogP contribution in [0.1, 0.15) is 6.42 Å². The molecule has 0 bridgehead atoms. The maximum absolute atomic E-state index is 11.2. The Morgan fingerprint density at radius 2 is 2.12 bits per heavy atom. The van der Waals surface area contributed by atoms with Gasteiger partial charge in [0.25, 0.3) is 0 Å². The van der Waals surface area contributed by atoms with Crippen LogP contribution in [0.4, 0.5) is 0 Å². The van der Waals surface area contributed by atoms with Gasteiger partial charge in [-0.25, -0.2) is 4.79 Å². The minimum Gasteiger partial charge on any atom is -0.617 e. The number of carbonyl (C=O) groups excluding carboxylic acids is 1. The molecule has 0 rings (SSSR count). The van der Waals surface area contributed by atoms with E-state index in [1.54, 1.807) is 0 Å². The first kappa shape index (κ1) is 15.2. The van der Waals surface area contributed by atoms with Crippen molar-refractivity contribution in [2.75, 3.05) is 18.6 Å². The third kappa shape index (κ3) is 5.91. The quantitative estimate of drug-likeness (QED) is 0.374. The Kier molecular flexibility index (Phi) is 7.06. The fourth-order valence-electron chi connectivity index (χ4n) is 0.903. The Hall–Kier alpha value is -0.830. The Morgan fingerprint density at radius 3 is 2.50 bits per heavy atom. The molecule has 1 unspecified atom stereocenters. The fraction of sp³-hybridized carbons (Fsp3) is 0.750. The highest BCUT2D eigenvalue weighted by molar-refractivity contribution is 7.90. The summed E-state index contributed by atoms with van der Waals surface area (Å²) in [5.41, 5.74) is 5.21. The lowest BCUT2D eigenvalue weighted by molar-refractivity contribution is -0.142. The van der Waals surface area contributed by atoms with Crippen LogP contribution in [0.5, 0.6) is 0 Å². The van der Waals surface area contributed by atoms with Crippen molar-refractivity contribution in [1.29, 1.82) is 0 Å². The van der Waals surface area contributed by atoms with Crippen molar-refractivity contribution in [3.05, 3.63) is 0 Å². The Morgan fingerprint density at radius 1 is 1.56 bits per heavy atom. The third-order valence-corrected chi connectivity index (χ3v) is 2.65. The predicted molar refractivity (Wildman–Crippen MR) is 58.2 cm³/mol. The van der Waals surface area contributed by atoms with Gasteiger partial charge in [-0.1, -0.05) is 11.2 Å². The van der Waals surface area contributed by atoms with Gasteiger partial charge in [0.05, 0.1) is 12.9 Å². The van der Waals surface area contributed by atoms with Gasteiger partial charge in [0, 0.05) is 6.42 Å². The lowest BCUT2D eigenvalue weighted by Crippen LogP contribution is -2.50. The fourth-order valence-corrected chi connectivity index (χ4v) is 1.47. The first-order valence-corrected chi connectivity index (χ1v) is 6.30. The standard InChI is InChI=1S/C8H16N2O5S/c1-16(15)3-2-6(8(13)14)10-7(12)5(9)4-11/h5-6,11H,2-4,9H2,1H3,(H,10,12)(H,13,14)/t5-,6-,16?/m0/s1. The van der Waals surface area contributed by atoms with E-state index in [9.17, 15) is 14.1 Å². The van der Waals surface area contributed by atoms with E-state index >= 15 is 0 Å². The summed E-state index contributed by atoms with van der Waals surface area (Å²) in [6.07, 6.45) is 1.50. The minimum atomic E-state index is -1.22. The molecule has 0 saturated heterocycles. The van der Waals surface area contributed by atoms with E-state index in [2.05, 4.69) is 5.32 Å². The van der Waals surface area contributed by atoms with E-state index < -0.39 is 41.7 Å². The molecule has 1 amide bonds. The van der Waals surface area contributed by atoms with Crippen molar-refractivity contribution >= 4 is 23.1 Å². The number of carbonyl (C=O) groups is 2. The normalized spacial score (nSPS) is 16.2. The molecule has 0 aromatic heterocycles. The molecule has 0 aliphatic rings. The molecular weight excluding hydrogens is 236 g/mol. The number of carboxylic acids is 1. The number of aliphatic hydroxyl groups excluding tert-OH is 1. The highest BCUT2D eigenvalue weighted by Gasteiger charge is 2.23. The van der Waals surface area contributed by atoms with Crippen molar-refractivity contribution in [3.63, 3.8) is 0 Å². The summed E-state index contributed by atoms with van der Waals surface area (Å²) in [6.45, 7) is -0.558. The van der Waals surface area contributed by atoms with Crippen LogP contribution in [0.2, 0.25) is 0 Å². The third-order valence-electron chi connectivity index (χ3n) is 1.84. The Balaban J connectivity index is 4.23. The molecule has 0 fully saturated rings. The molecule has 7 nitrogen and oxygen atoms in total. The van der Waals surface area contributed by atoms with Crippen LogP contribution in [-0.4, -0.2) is 57.3 Å². The summed E-state index contributed by atoms with van der Waals surface area (Å²) < 4.78 is 10.8. The van der Waals surface area contributed by atoms with Crippen LogP contribution >= 0.6 is 0 Å². The first-order valence-electron chi connectivity index (χ1n) is 4.58. The molecule has 3 atom stereocenters. The molecular formula is C8H16N2O5S. The summed E-state index contributed by atoms with van der Waals surface area (Å²) in [6, 6.07) is -2.28. The van der Waals surface area contributed by atoms with Crippen LogP contribution in [0.3, 0.4) is 0 Å². The molecule has 0 aliphatic carbocycles. The molecule has 94 valence electrons. The summed E-state index contributed by atoms with van der Waals surface area (Å²) in [7, 11) is 0. The number of amides is 1. The van der Waals surface area contributed by atoms with Gasteiger partial charge in [-0.05, 0) is 0 Å². The smallest absolute Gasteiger partial charge is 0.326 e. The van der Waals surface area contributed by atoms with Gasteiger partial charge in [0.2, 0.25) is 5.91 Å². The van der Waals surface area contributed by atoms with E-state index in [4.69, 9.17) is 15.9 Å². The molecule has 0 heterocycles. The molecule has 0 aliphatic heterocycles. The monoisotopic (exact) mass is 252 g/mol. The Bertz CT molecular complexity index is 249. The second-order valence-corrected chi connectivity index (χ2v) is 4.81. The highest BCUT2D eigenvalue weighted by Crippen LogP contribution is 1.97. The minimum absolute atomic E-state index is 0.0579. The topological polar surface area (TPSA) is 136 Å². The number of carboxylic acid groups (broad SMARTS) is 1. The summed E-state index contributed by atoms with van der Waals surface area (Å²) >= 11 is -1.13. The molecule has 0 saturated carbocycles. The van der Waals surface area contributed by atoms with Crippen LogP contribution in [-0.2, 0) is 20.8 Å². The van der Waals surface area contributed by atoms with Crippen molar-refractivity contribution in [2.24, 2.45) is 5.73 Å². The number of hydrogen-bond acceptors (Lipinski definition) is 5. The SMILES string of the molecule is C[S+]([O-])CC[C@H](NC(=O)[C@@H](N)CO)C(=O)O. The largest absolute Gasteiger partial charge is 0.617 e. The van der Waals surface area contributed by atoms with E-state index in [-0.39, 0.29) is 12.2 Å². The van der Waals surface area contributed by atoms with Gasteiger partial charge < -0.3 is 25.8 Å². The van der Waals surface area contributed by atoms with Gasteiger partial charge in [0.15, 0.2) is 0 Å². The van der Waals surface area contributed by atoms with Crippen LogP contribution in [0.25, 0.3) is 0 Å². The maximum Gasteiger partial charge on any atom is 0.326 e. The van der Waals surface area contributed by atoms with Crippen molar-refractivity contribution < 1.29 is 24.4 Å². The number of aliphatic carboxylic acids is 1. The second-order valence-electron chi connectivity index (χ2n) is 3.25. The van der Waals surface area contributed by atoms with E-state index in [1.807, 2.05) is 0 Å². The number of hydrogen-bond donors (Lipinski definition) is 4. The maximum atomic E-state index is 11.2. The lowest BCUT2D eigenvalue weighted by atomic mass is 10.2. The highest BCUT2D eigenvalue weighted by atomic mass is 32.2. The van der Waals surface area contributed by atoms with Crippen LogP contribution < -0.4 is 11.1 Å². The first-order chi connectivity index (χ1) is 7.38. The molecule has 8 heteroatoms. The predicted octanol–water partition coefficient (Wildman–Crippen LogP) is -2.36. The zero-order valence-electron chi connectivity index (χ0n) is 8.88. The molecule has 16 heavy (non-hydrogen) atoms. The number of nitrogens with one attached hydrogen (secondary N) is 1.